The van der Waals surface area contributed by atoms with E-state index < -0.39 is 5.97 Å². The minimum atomic E-state index is -0.976. The van der Waals surface area contributed by atoms with E-state index in [1.807, 2.05) is 6.92 Å². The Morgan fingerprint density at radius 2 is 2.05 bits per heavy atom. The molecule has 0 bridgehead atoms. The van der Waals surface area contributed by atoms with Crippen molar-refractivity contribution in [1.29, 1.82) is 0 Å². The fraction of sp³-hybridized carbons (Fsp3) is 0.467. The SMILES string of the molecule is CC1(NC(=O)NCc2cccc(C(=O)O)c2)CCOCC1. The molecule has 2 rings (SSSR count). The maximum atomic E-state index is 11.9. The molecule has 1 aliphatic rings. The molecular formula is C15H20N2O4. The quantitative estimate of drug-likeness (QED) is 0.789. The van der Waals surface area contributed by atoms with Gasteiger partial charge in [0.2, 0.25) is 0 Å². The lowest BCUT2D eigenvalue weighted by Gasteiger charge is -2.34. The lowest BCUT2D eigenvalue weighted by molar-refractivity contribution is 0.0492. The third-order valence-electron chi connectivity index (χ3n) is 3.64. The number of ether oxygens (including phenoxy) is 1. The number of carbonyl (C=O) groups excluding carboxylic acids is 1. The molecule has 1 fully saturated rings. The molecular weight excluding hydrogens is 272 g/mol. The molecule has 0 atom stereocenters. The zero-order valence-corrected chi connectivity index (χ0v) is 12.0. The Bertz CT molecular complexity index is 524. The van der Waals surface area contributed by atoms with E-state index in [0.29, 0.717) is 19.8 Å². The van der Waals surface area contributed by atoms with E-state index in [1.54, 1.807) is 18.2 Å². The Balaban J connectivity index is 1.86. The summed E-state index contributed by atoms with van der Waals surface area (Å²) in [6, 6.07) is 6.27. The number of hydrogen-bond donors (Lipinski definition) is 3. The van der Waals surface area contributed by atoms with Crippen LogP contribution in [0.25, 0.3) is 0 Å². The van der Waals surface area contributed by atoms with Crippen LogP contribution in [0.3, 0.4) is 0 Å². The van der Waals surface area contributed by atoms with Crippen molar-refractivity contribution in [3.8, 4) is 0 Å². The Morgan fingerprint density at radius 3 is 2.71 bits per heavy atom. The van der Waals surface area contributed by atoms with Crippen LogP contribution in [0.15, 0.2) is 24.3 Å². The van der Waals surface area contributed by atoms with Crippen LogP contribution < -0.4 is 10.6 Å². The molecule has 6 heteroatoms. The van der Waals surface area contributed by atoms with E-state index in [4.69, 9.17) is 9.84 Å². The molecule has 3 N–H and O–H groups in total. The topological polar surface area (TPSA) is 87.7 Å². The molecule has 21 heavy (non-hydrogen) atoms. The van der Waals surface area contributed by atoms with Gasteiger partial charge in [0, 0.05) is 25.3 Å². The average Bonchev–Trinajstić information content (AvgIpc) is 2.46. The minimum Gasteiger partial charge on any atom is -0.478 e. The molecule has 0 aromatic heterocycles. The average molecular weight is 292 g/mol. The van der Waals surface area contributed by atoms with Gasteiger partial charge >= 0.3 is 12.0 Å². The summed E-state index contributed by atoms with van der Waals surface area (Å²) in [6.45, 7) is 3.59. The van der Waals surface area contributed by atoms with E-state index in [1.165, 1.54) is 6.07 Å². The summed E-state index contributed by atoms with van der Waals surface area (Å²) < 4.78 is 5.28. The highest BCUT2D eigenvalue weighted by Gasteiger charge is 2.28. The fourth-order valence-corrected chi connectivity index (χ4v) is 2.26. The third kappa shape index (κ3) is 4.46. The summed E-state index contributed by atoms with van der Waals surface area (Å²) in [5.74, 6) is -0.976. The number of nitrogens with one attached hydrogen (secondary N) is 2. The van der Waals surface area contributed by atoms with Crippen LogP contribution in [0.5, 0.6) is 0 Å². The molecule has 0 saturated carbocycles. The Kier molecular flexibility index (Phi) is 4.80. The molecule has 0 spiro atoms. The molecule has 1 aromatic rings. The summed E-state index contributed by atoms with van der Waals surface area (Å²) in [5, 5.41) is 14.6. The highest BCUT2D eigenvalue weighted by atomic mass is 16.5. The van der Waals surface area contributed by atoms with Gasteiger partial charge in [0.05, 0.1) is 5.56 Å². The van der Waals surface area contributed by atoms with Gasteiger partial charge in [-0.3, -0.25) is 0 Å². The number of carboxylic acids is 1. The lowest BCUT2D eigenvalue weighted by Crippen LogP contribution is -2.52. The van der Waals surface area contributed by atoms with Gasteiger partial charge in [-0.15, -0.1) is 0 Å². The lowest BCUT2D eigenvalue weighted by atomic mass is 9.93. The van der Waals surface area contributed by atoms with E-state index in [-0.39, 0.29) is 17.1 Å². The molecule has 2 amide bonds. The summed E-state index contributed by atoms with van der Waals surface area (Å²) in [6.07, 6.45) is 1.57. The van der Waals surface area contributed by atoms with Crippen molar-refractivity contribution in [2.75, 3.05) is 13.2 Å². The van der Waals surface area contributed by atoms with Gasteiger partial charge in [-0.25, -0.2) is 9.59 Å². The van der Waals surface area contributed by atoms with Gasteiger partial charge in [0.25, 0.3) is 0 Å². The Hall–Kier alpha value is -2.08. The number of carboxylic acid groups (broad SMARTS) is 1. The van der Waals surface area contributed by atoms with Gasteiger partial charge in [-0.05, 0) is 37.5 Å². The monoisotopic (exact) mass is 292 g/mol. The van der Waals surface area contributed by atoms with Crippen molar-refractivity contribution in [2.45, 2.75) is 31.8 Å². The highest BCUT2D eigenvalue weighted by molar-refractivity contribution is 5.87. The van der Waals surface area contributed by atoms with Crippen molar-refractivity contribution in [3.63, 3.8) is 0 Å². The number of amides is 2. The zero-order valence-electron chi connectivity index (χ0n) is 12.0. The zero-order chi connectivity index (χ0) is 15.3. The van der Waals surface area contributed by atoms with E-state index in [0.717, 1.165) is 18.4 Å². The van der Waals surface area contributed by atoms with Gasteiger partial charge in [0.15, 0.2) is 0 Å². The molecule has 6 nitrogen and oxygen atoms in total. The summed E-state index contributed by atoms with van der Waals surface area (Å²) in [5.41, 5.74) is 0.721. The number of benzene rings is 1. The van der Waals surface area contributed by atoms with Crippen molar-refractivity contribution >= 4 is 12.0 Å². The van der Waals surface area contributed by atoms with Crippen LogP contribution in [-0.2, 0) is 11.3 Å². The van der Waals surface area contributed by atoms with Crippen molar-refractivity contribution < 1.29 is 19.4 Å². The first-order chi connectivity index (χ1) is 9.98. The molecule has 114 valence electrons. The second kappa shape index (κ2) is 6.58. The first kappa shape index (κ1) is 15.3. The second-order valence-electron chi connectivity index (χ2n) is 5.49. The molecule has 1 saturated heterocycles. The summed E-state index contributed by atoms with van der Waals surface area (Å²) in [4.78, 5) is 22.8. The van der Waals surface area contributed by atoms with Gasteiger partial charge in [-0.1, -0.05) is 12.1 Å². The van der Waals surface area contributed by atoms with E-state index >= 15 is 0 Å². The summed E-state index contributed by atoms with van der Waals surface area (Å²) in [7, 11) is 0. The van der Waals surface area contributed by atoms with E-state index in [9.17, 15) is 9.59 Å². The molecule has 0 unspecified atom stereocenters. The van der Waals surface area contributed by atoms with Gasteiger partial charge in [0.1, 0.15) is 0 Å². The molecule has 1 heterocycles. The van der Waals surface area contributed by atoms with Gasteiger partial charge in [-0.2, -0.15) is 0 Å². The maximum Gasteiger partial charge on any atom is 0.335 e. The van der Waals surface area contributed by atoms with Crippen LogP contribution in [0, 0.1) is 0 Å². The normalized spacial score (nSPS) is 17.0. The number of rotatable bonds is 4. The maximum absolute atomic E-state index is 11.9. The van der Waals surface area contributed by atoms with Crippen molar-refractivity contribution in [2.24, 2.45) is 0 Å². The Labute approximate surface area is 123 Å². The predicted octanol–water partition coefficient (Wildman–Crippen LogP) is 1.75. The minimum absolute atomic E-state index is 0.214. The van der Waals surface area contributed by atoms with Crippen LogP contribution in [-0.4, -0.2) is 35.9 Å². The van der Waals surface area contributed by atoms with Crippen LogP contribution in [0.4, 0.5) is 4.79 Å². The first-order valence-corrected chi connectivity index (χ1v) is 6.94. The van der Waals surface area contributed by atoms with Crippen molar-refractivity contribution in [1.82, 2.24) is 10.6 Å². The molecule has 1 aliphatic heterocycles. The number of hydrogen-bond acceptors (Lipinski definition) is 3. The number of aromatic carboxylic acids is 1. The van der Waals surface area contributed by atoms with Crippen LogP contribution in [0.1, 0.15) is 35.7 Å². The van der Waals surface area contributed by atoms with Crippen LogP contribution in [0.2, 0.25) is 0 Å². The first-order valence-electron chi connectivity index (χ1n) is 6.94. The van der Waals surface area contributed by atoms with Crippen LogP contribution >= 0.6 is 0 Å². The highest BCUT2D eigenvalue weighted by Crippen LogP contribution is 2.19. The fourth-order valence-electron chi connectivity index (χ4n) is 2.26. The number of carbonyl (C=O) groups is 2. The Morgan fingerprint density at radius 1 is 1.33 bits per heavy atom. The number of urea groups is 1. The van der Waals surface area contributed by atoms with Crippen molar-refractivity contribution in [3.05, 3.63) is 35.4 Å². The second-order valence-corrected chi connectivity index (χ2v) is 5.49. The largest absolute Gasteiger partial charge is 0.478 e. The van der Waals surface area contributed by atoms with Gasteiger partial charge < -0.3 is 20.5 Å². The smallest absolute Gasteiger partial charge is 0.335 e. The standard InChI is InChI=1S/C15H20N2O4/c1-15(5-7-21-8-6-15)17-14(20)16-10-11-3-2-4-12(9-11)13(18)19/h2-4,9H,5-8,10H2,1H3,(H,18,19)(H2,16,17,20). The molecule has 0 radical (unpaired) electrons. The third-order valence-corrected chi connectivity index (χ3v) is 3.64. The molecule has 0 aliphatic carbocycles. The molecule has 1 aromatic carbocycles. The predicted molar refractivity (Wildman–Crippen MR) is 77.2 cm³/mol. The van der Waals surface area contributed by atoms with E-state index in [2.05, 4.69) is 10.6 Å². The summed E-state index contributed by atoms with van der Waals surface area (Å²) >= 11 is 0.